The number of carbonyl (C=O) groups excluding carboxylic acids is 13. The molecule has 12 amide bonds. The largest absolute Gasteiger partial charge is 0.481 e. The summed E-state index contributed by atoms with van der Waals surface area (Å²) in [5.74, 6) is -17.6. The highest BCUT2D eigenvalue weighted by Gasteiger charge is 2.41. The molecule has 0 aromatic rings. The Kier molecular flexibility index (Phi) is 37.3. The van der Waals surface area contributed by atoms with Crippen molar-refractivity contribution in [2.24, 2.45) is 29.6 Å². The van der Waals surface area contributed by atoms with Gasteiger partial charge in [-0.1, -0.05) is 75.2 Å². The van der Waals surface area contributed by atoms with E-state index in [0.29, 0.717) is 30.6 Å². The quantitative estimate of drug-likeness (QED) is 0.0353. The van der Waals surface area contributed by atoms with Gasteiger partial charge in [0.2, 0.25) is 59.1 Å². The second-order valence-corrected chi connectivity index (χ2v) is 26.2. The molecule has 1 aliphatic carbocycles. The van der Waals surface area contributed by atoms with Crippen molar-refractivity contribution in [2.75, 3.05) is 34.2 Å². The molecule has 1 aliphatic heterocycles. The Morgan fingerprint density at radius 1 is 0.505 bits per heavy atom. The number of likely N-dealkylation sites (N-methyl/N-ethyl adjacent to an activating group) is 2. The first kappa shape index (κ1) is 86.2. The van der Waals surface area contributed by atoms with E-state index in [2.05, 4.69) is 47.9 Å². The third kappa shape index (κ3) is 28.5. The van der Waals surface area contributed by atoms with Crippen LogP contribution in [-0.2, 0) is 81.5 Å². The maximum atomic E-state index is 14.2. The predicted octanol–water partition coefficient (Wildman–Crippen LogP) is -0.134. The standard InChI is InChI=1S/C66H106N12O21/c1-13-18-47(77(12)65(97)56(35(5)6)75-64(96)57(36(7)8)76(10)11)37(9)32-48(79)39-21-17-20-38(39)22-26-50(81)69-40(15-3)59(91)72-43(25-31-55(88)89)61(93)74-45(66(98)99)34-67-58(90)41(23-29-53(84)85)71-62(94)44(33-68-63(95)46(16-4)78-51(82)27-28-52(78)83)73-60(92)42(24-30-54(86)87)70-49(80)19-14-2/h27-28,35-47,56-57H,13-26,29-34H2,1-12H3,(H,67,90)(H,68,95)(H,69,81)(H,70,80)(H,71,94)(H,72,91)(H,73,92)(H,74,93)(H,75,96)(H,84,85)(H,86,87)(H,88,89)(H,98,99)/t37-,38+,39?,40?,41+,42+,43+,44+,45+,46+,47+,56?,57+/m1/s1. The Morgan fingerprint density at radius 2 is 0.970 bits per heavy atom. The maximum absolute atomic E-state index is 14.2. The topological polar surface area (TPSA) is 489 Å². The minimum Gasteiger partial charge on any atom is -0.481 e. The van der Waals surface area contributed by atoms with Gasteiger partial charge in [-0.05, 0) is 102 Å². The number of carboxylic acids is 4. The van der Waals surface area contributed by atoms with E-state index in [1.807, 2.05) is 46.4 Å². The fourth-order valence-corrected chi connectivity index (χ4v) is 12.2. The lowest BCUT2D eigenvalue weighted by Gasteiger charge is -2.37. The molecule has 99 heavy (non-hydrogen) atoms. The number of amides is 12. The summed E-state index contributed by atoms with van der Waals surface area (Å²) in [5, 5.41) is 60.2. The van der Waals surface area contributed by atoms with Crippen molar-refractivity contribution in [2.45, 2.75) is 238 Å². The molecule has 3 unspecified atom stereocenters. The van der Waals surface area contributed by atoms with Crippen LogP contribution in [0.3, 0.4) is 0 Å². The van der Waals surface area contributed by atoms with Gasteiger partial charge in [0.05, 0.1) is 6.04 Å². The zero-order valence-corrected chi connectivity index (χ0v) is 59.0. The lowest BCUT2D eigenvalue weighted by atomic mass is 9.82. The molecule has 13 N–H and O–H groups in total. The number of ketones is 1. The highest BCUT2D eigenvalue weighted by atomic mass is 16.4. The van der Waals surface area contributed by atoms with Gasteiger partial charge < -0.3 is 73.2 Å². The van der Waals surface area contributed by atoms with Gasteiger partial charge in [0.15, 0.2) is 0 Å². The minimum atomic E-state index is -2.07. The van der Waals surface area contributed by atoms with Crippen molar-refractivity contribution < 1.29 is 102 Å². The fourth-order valence-electron chi connectivity index (χ4n) is 12.2. The molecule has 0 bridgehead atoms. The molecule has 0 radical (unpaired) electrons. The Labute approximate surface area is 577 Å². The first-order valence-electron chi connectivity index (χ1n) is 34.0. The van der Waals surface area contributed by atoms with Crippen LogP contribution >= 0.6 is 0 Å². The van der Waals surface area contributed by atoms with Gasteiger partial charge >= 0.3 is 23.9 Å². The van der Waals surface area contributed by atoms with E-state index in [-0.39, 0.29) is 91.8 Å². The summed E-state index contributed by atoms with van der Waals surface area (Å²) in [6.07, 6.45) is 1.45. The Balaban J connectivity index is 2.29. The predicted molar refractivity (Wildman–Crippen MR) is 356 cm³/mol. The molecule has 556 valence electrons. The molecule has 2 aliphatic rings. The lowest BCUT2D eigenvalue weighted by molar-refractivity contribution is -0.145. The fraction of sp³-hybridized carbons (Fsp3) is 0.712. The number of carbonyl (C=O) groups is 17. The summed E-state index contributed by atoms with van der Waals surface area (Å²) in [5.41, 5.74) is 0. The molecule has 1 heterocycles. The monoisotopic (exact) mass is 1400 g/mol. The normalized spacial score (nSPS) is 17.6. The number of imide groups is 1. The second kappa shape index (κ2) is 42.8. The Bertz CT molecular complexity index is 2890. The van der Waals surface area contributed by atoms with Crippen LogP contribution < -0.4 is 47.9 Å². The van der Waals surface area contributed by atoms with E-state index < -0.39 is 189 Å². The number of carboxylic acid groups (broad SMARTS) is 4. The minimum absolute atomic E-state index is 0.00670. The van der Waals surface area contributed by atoms with Crippen LogP contribution in [-0.4, -0.2) is 230 Å². The van der Waals surface area contributed by atoms with Gasteiger partial charge in [-0.2, -0.15) is 0 Å². The van der Waals surface area contributed by atoms with Crippen LogP contribution in [0.25, 0.3) is 0 Å². The highest BCUT2D eigenvalue weighted by Crippen LogP contribution is 2.37. The molecular formula is C66H106N12O21. The van der Waals surface area contributed by atoms with Crippen molar-refractivity contribution in [3.63, 3.8) is 0 Å². The number of hydrogen-bond donors (Lipinski definition) is 13. The molecule has 0 aromatic carbocycles. The third-order valence-electron chi connectivity index (χ3n) is 17.6. The first-order chi connectivity index (χ1) is 46.4. The number of hydrogen-bond acceptors (Lipinski definition) is 18. The van der Waals surface area contributed by atoms with Gasteiger partial charge in [-0.3, -0.25) is 86.5 Å². The van der Waals surface area contributed by atoms with Gasteiger partial charge in [0.25, 0.3) is 11.8 Å². The highest BCUT2D eigenvalue weighted by molar-refractivity contribution is 6.15. The van der Waals surface area contributed by atoms with Crippen molar-refractivity contribution in [1.29, 1.82) is 0 Å². The summed E-state index contributed by atoms with van der Waals surface area (Å²) < 4.78 is 0. The van der Waals surface area contributed by atoms with Crippen LogP contribution in [0, 0.1) is 29.6 Å². The Hall–Kier alpha value is -8.91. The molecule has 1 fully saturated rings. The number of nitrogens with zero attached hydrogens (tertiary/aromatic N) is 3. The summed E-state index contributed by atoms with van der Waals surface area (Å²) in [6, 6.07) is -13.6. The van der Waals surface area contributed by atoms with E-state index in [1.54, 1.807) is 33.0 Å². The van der Waals surface area contributed by atoms with Crippen molar-refractivity contribution >= 4 is 101 Å². The molecule has 33 heteroatoms. The molecule has 0 spiro atoms. The van der Waals surface area contributed by atoms with E-state index in [4.69, 9.17) is 0 Å². The molecule has 2 rings (SSSR count). The average molecular weight is 1400 g/mol. The van der Waals surface area contributed by atoms with Crippen LogP contribution in [0.1, 0.15) is 178 Å². The van der Waals surface area contributed by atoms with Crippen molar-refractivity contribution in [3.05, 3.63) is 12.2 Å². The van der Waals surface area contributed by atoms with E-state index in [0.717, 1.165) is 25.0 Å². The SMILES string of the molecule is CCCC(=O)N[C@@H](CCC(=O)O)C(=O)N[C@@H](CNC(=O)[C@H](CC)N1C(=O)C=CC1=O)C(=O)N[C@@H](CCC(=O)O)C(=O)NC[C@H](NC(=O)[C@H](CCC(=O)O)NC(=O)C(CC)NC(=O)CC[C@@H]1CCCC1C(=O)C[C@@H](C)[C@H](CCC)N(C)C(=O)C(NC(=O)[C@H](C(C)C)N(C)C)C(C)C)C(=O)O. The summed E-state index contributed by atoms with van der Waals surface area (Å²) >= 11 is 0. The van der Waals surface area contributed by atoms with Gasteiger partial charge in [-0.15, -0.1) is 0 Å². The van der Waals surface area contributed by atoms with Crippen molar-refractivity contribution in [3.8, 4) is 0 Å². The van der Waals surface area contributed by atoms with Gasteiger partial charge in [-0.25, -0.2) is 4.79 Å². The molecule has 13 atom stereocenters. The second-order valence-electron chi connectivity index (χ2n) is 26.2. The molecular weight excluding hydrogens is 1300 g/mol. The molecule has 33 nitrogen and oxygen atoms in total. The zero-order valence-electron chi connectivity index (χ0n) is 59.0. The molecule has 0 aromatic heterocycles. The molecule has 1 saturated carbocycles. The number of nitrogens with one attached hydrogen (secondary N) is 9. The summed E-state index contributed by atoms with van der Waals surface area (Å²) in [4.78, 5) is 228. The van der Waals surface area contributed by atoms with Gasteiger partial charge in [0, 0.05) is 82.8 Å². The van der Waals surface area contributed by atoms with E-state index in [1.165, 1.54) is 13.8 Å². The summed E-state index contributed by atoms with van der Waals surface area (Å²) in [6.45, 7) is 14.3. The first-order valence-corrected chi connectivity index (χ1v) is 34.0. The number of aliphatic carboxylic acids is 4. The maximum Gasteiger partial charge on any atom is 0.328 e. The molecule has 0 saturated heterocycles. The summed E-state index contributed by atoms with van der Waals surface area (Å²) in [7, 11) is 5.31. The zero-order chi connectivity index (χ0) is 75.1. The van der Waals surface area contributed by atoms with Gasteiger partial charge in [0.1, 0.15) is 54.1 Å². The number of Topliss-reactive ketones (excluding diaryl/α,β-unsaturated/α-hetero) is 1. The average Bonchev–Trinajstić information content (AvgIpc) is 1.19. The van der Waals surface area contributed by atoms with Crippen LogP contribution in [0.15, 0.2) is 12.2 Å². The smallest absolute Gasteiger partial charge is 0.328 e. The van der Waals surface area contributed by atoms with E-state index in [9.17, 15) is 102 Å². The van der Waals surface area contributed by atoms with Crippen LogP contribution in [0.2, 0.25) is 0 Å². The third-order valence-corrected chi connectivity index (χ3v) is 17.6. The Morgan fingerprint density at radius 3 is 1.44 bits per heavy atom. The van der Waals surface area contributed by atoms with Crippen LogP contribution in [0.4, 0.5) is 0 Å². The lowest BCUT2D eigenvalue weighted by Crippen LogP contribution is -2.61. The van der Waals surface area contributed by atoms with Crippen LogP contribution in [0.5, 0.6) is 0 Å². The number of rotatable bonds is 47. The van der Waals surface area contributed by atoms with E-state index >= 15 is 0 Å². The van der Waals surface area contributed by atoms with Crippen molar-refractivity contribution in [1.82, 2.24) is 62.6 Å².